The van der Waals surface area contributed by atoms with Gasteiger partial charge in [0.1, 0.15) is 5.82 Å². The number of nitro groups is 1. The average Bonchev–Trinajstić information content (AvgIpc) is 2.56. The Bertz CT molecular complexity index is 740. The number of nitro benzene ring substituents is 1. The van der Waals surface area contributed by atoms with Crippen LogP contribution in [-0.4, -0.2) is 16.5 Å². The van der Waals surface area contributed by atoms with Gasteiger partial charge in [0.15, 0.2) is 0 Å². The van der Waals surface area contributed by atoms with Crippen molar-refractivity contribution in [2.24, 2.45) is 5.10 Å². The topological polar surface area (TPSA) is 84.6 Å². The number of carbonyl (C=O) groups excluding carboxylic acids is 1. The number of amides is 1. The van der Waals surface area contributed by atoms with Crippen molar-refractivity contribution in [1.29, 1.82) is 0 Å². The van der Waals surface area contributed by atoms with E-state index in [1.54, 1.807) is 12.1 Å². The zero-order valence-corrected chi connectivity index (χ0v) is 12.3. The molecule has 0 spiro atoms. The van der Waals surface area contributed by atoms with Crippen LogP contribution in [-0.2, 0) is 0 Å². The van der Waals surface area contributed by atoms with Gasteiger partial charge in [-0.05, 0) is 36.2 Å². The van der Waals surface area contributed by atoms with E-state index < -0.39 is 10.8 Å². The van der Waals surface area contributed by atoms with Gasteiger partial charge in [-0.25, -0.2) is 9.82 Å². The Labute approximate surface area is 131 Å². The first-order valence-electron chi connectivity index (χ1n) is 6.88. The maximum Gasteiger partial charge on any atom is 0.271 e. The average molecular weight is 315 g/mol. The van der Waals surface area contributed by atoms with Crippen molar-refractivity contribution in [2.75, 3.05) is 0 Å². The smallest absolute Gasteiger partial charge is 0.267 e. The summed E-state index contributed by atoms with van der Waals surface area (Å²) in [6.07, 6.45) is 0.548. The van der Waals surface area contributed by atoms with E-state index in [2.05, 4.69) is 10.5 Å². The van der Waals surface area contributed by atoms with Crippen LogP contribution in [0.1, 0.15) is 29.3 Å². The monoisotopic (exact) mass is 315 g/mol. The summed E-state index contributed by atoms with van der Waals surface area (Å²) < 4.78 is 12.9. The molecule has 23 heavy (non-hydrogen) atoms. The Hall–Kier alpha value is -3.09. The molecule has 0 unspecified atom stereocenters. The van der Waals surface area contributed by atoms with Crippen molar-refractivity contribution in [3.05, 3.63) is 75.6 Å². The number of hydrazone groups is 1. The van der Waals surface area contributed by atoms with Gasteiger partial charge in [0, 0.05) is 17.7 Å². The van der Waals surface area contributed by atoms with Crippen molar-refractivity contribution in [3.8, 4) is 0 Å². The molecule has 118 valence electrons. The Balaban J connectivity index is 2.11. The summed E-state index contributed by atoms with van der Waals surface area (Å²) in [6.45, 7) is 1.86. The molecule has 0 radical (unpaired) electrons. The van der Waals surface area contributed by atoms with Crippen molar-refractivity contribution >= 4 is 17.3 Å². The van der Waals surface area contributed by atoms with Crippen LogP contribution in [0.15, 0.2) is 53.6 Å². The van der Waals surface area contributed by atoms with Crippen molar-refractivity contribution in [2.45, 2.75) is 13.3 Å². The van der Waals surface area contributed by atoms with E-state index >= 15 is 0 Å². The SMILES string of the molecule is CC/C(=N/NC(=O)c1ccc([N+](=O)[O-])cc1)c1ccc(F)cc1. The Kier molecular flexibility index (Phi) is 5.14. The second-order valence-corrected chi connectivity index (χ2v) is 4.66. The number of non-ortho nitro benzene ring substituents is 1. The molecule has 2 aromatic carbocycles. The molecular formula is C16H14FN3O3. The number of halogens is 1. The number of nitrogens with zero attached hydrogens (tertiary/aromatic N) is 2. The molecule has 0 aliphatic rings. The second kappa shape index (κ2) is 7.26. The normalized spacial score (nSPS) is 11.1. The largest absolute Gasteiger partial charge is 0.271 e. The molecule has 0 atom stereocenters. The maximum absolute atomic E-state index is 12.9. The molecule has 2 rings (SSSR count). The second-order valence-electron chi connectivity index (χ2n) is 4.66. The molecular weight excluding hydrogens is 301 g/mol. The van der Waals surface area contributed by atoms with E-state index in [0.717, 1.165) is 0 Å². The summed E-state index contributed by atoms with van der Waals surface area (Å²) in [5.41, 5.74) is 3.87. The van der Waals surface area contributed by atoms with E-state index in [1.807, 2.05) is 6.92 Å². The highest BCUT2D eigenvalue weighted by atomic mass is 19.1. The van der Waals surface area contributed by atoms with E-state index in [9.17, 15) is 19.3 Å². The van der Waals surface area contributed by atoms with Gasteiger partial charge in [-0.15, -0.1) is 0 Å². The fraction of sp³-hybridized carbons (Fsp3) is 0.125. The van der Waals surface area contributed by atoms with Crippen molar-refractivity contribution in [1.82, 2.24) is 5.43 Å². The number of nitrogens with one attached hydrogen (secondary N) is 1. The minimum absolute atomic E-state index is 0.0920. The summed E-state index contributed by atoms with van der Waals surface area (Å²) in [6, 6.07) is 11.0. The van der Waals surface area contributed by atoms with Crippen LogP contribution in [0.2, 0.25) is 0 Å². The van der Waals surface area contributed by atoms with Gasteiger partial charge in [0.2, 0.25) is 0 Å². The lowest BCUT2D eigenvalue weighted by molar-refractivity contribution is -0.384. The standard InChI is InChI=1S/C16H14FN3O3/c1-2-15(11-3-7-13(17)8-4-11)18-19-16(21)12-5-9-14(10-6-12)20(22)23/h3-10H,2H2,1H3,(H,19,21)/b18-15-. The van der Waals surface area contributed by atoms with Crippen LogP contribution >= 0.6 is 0 Å². The fourth-order valence-corrected chi connectivity index (χ4v) is 1.91. The molecule has 6 nitrogen and oxygen atoms in total. The van der Waals surface area contributed by atoms with E-state index in [0.29, 0.717) is 17.7 Å². The van der Waals surface area contributed by atoms with E-state index in [4.69, 9.17) is 0 Å². The highest BCUT2D eigenvalue weighted by Gasteiger charge is 2.09. The van der Waals surface area contributed by atoms with Crippen LogP contribution < -0.4 is 5.43 Å². The van der Waals surface area contributed by atoms with Crippen molar-refractivity contribution in [3.63, 3.8) is 0 Å². The minimum Gasteiger partial charge on any atom is -0.267 e. The first-order valence-corrected chi connectivity index (χ1v) is 6.88. The molecule has 1 amide bonds. The lowest BCUT2D eigenvalue weighted by Crippen LogP contribution is -2.20. The van der Waals surface area contributed by atoms with Crippen LogP contribution in [0.25, 0.3) is 0 Å². The molecule has 1 N–H and O–H groups in total. The number of hydrogen-bond donors (Lipinski definition) is 1. The van der Waals surface area contributed by atoms with Crippen LogP contribution in [0.3, 0.4) is 0 Å². The Morgan fingerprint density at radius 3 is 2.22 bits per heavy atom. The summed E-state index contributed by atoms with van der Waals surface area (Å²) in [5.74, 6) is -0.827. The van der Waals surface area contributed by atoms with Gasteiger partial charge in [-0.2, -0.15) is 5.10 Å². The van der Waals surface area contributed by atoms with Gasteiger partial charge in [0.25, 0.3) is 11.6 Å². The van der Waals surface area contributed by atoms with Gasteiger partial charge < -0.3 is 0 Å². The number of hydrogen-bond acceptors (Lipinski definition) is 4. The van der Waals surface area contributed by atoms with Crippen LogP contribution in [0.5, 0.6) is 0 Å². The summed E-state index contributed by atoms with van der Waals surface area (Å²) in [4.78, 5) is 22.0. The molecule has 0 aliphatic heterocycles. The molecule has 0 heterocycles. The van der Waals surface area contributed by atoms with Gasteiger partial charge >= 0.3 is 0 Å². The Morgan fingerprint density at radius 2 is 1.70 bits per heavy atom. The lowest BCUT2D eigenvalue weighted by Gasteiger charge is -2.05. The van der Waals surface area contributed by atoms with Gasteiger partial charge in [-0.3, -0.25) is 14.9 Å². The van der Waals surface area contributed by atoms with Crippen LogP contribution in [0, 0.1) is 15.9 Å². The predicted octanol–water partition coefficient (Wildman–Crippen LogP) is 3.28. The molecule has 0 saturated carbocycles. The molecule has 0 saturated heterocycles. The van der Waals surface area contributed by atoms with Crippen molar-refractivity contribution < 1.29 is 14.1 Å². The van der Waals surface area contributed by atoms with E-state index in [1.165, 1.54) is 36.4 Å². The highest BCUT2D eigenvalue weighted by Crippen LogP contribution is 2.12. The molecule has 2 aromatic rings. The zero-order chi connectivity index (χ0) is 16.8. The first kappa shape index (κ1) is 16.3. The molecule has 0 bridgehead atoms. The fourth-order valence-electron chi connectivity index (χ4n) is 1.91. The summed E-state index contributed by atoms with van der Waals surface area (Å²) in [7, 11) is 0. The Morgan fingerprint density at radius 1 is 1.13 bits per heavy atom. The predicted molar refractivity (Wildman–Crippen MR) is 83.8 cm³/mol. The number of benzene rings is 2. The number of rotatable bonds is 5. The third kappa shape index (κ3) is 4.19. The quantitative estimate of drug-likeness (QED) is 0.522. The summed E-state index contributed by atoms with van der Waals surface area (Å²) >= 11 is 0. The molecule has 0 aliphatic carbocycles. The maximum atomic E-state index is 12.9. The third-order valence-corrected chi connectivity index (χ3v) is 3.15. The third-order valence-electron chi connectivity index (χ3n) is 3.15. The lowest BCUT2D eigenvalue weighted by atomic mass is 10.1. The minimum atomic E-state index is -0.538. The molecule has 7 heteroatoms. The van der Waals surface area contributed by atoms with Crippen LogP contribution in [0.4, 0.5) is 10.1 Å². The summed E-state index contributed by atoms with van der Waals surface area (Å²) in [5, 5.41) is 14.6. The zero-order valence-electron chi connectivity index (χ0n) is 12.3. The molecule has 0 aromatic heterocycles. The van der Waals surface area contributed by atoms with Gasteiger partial charge in [-0.1, -0.05) is 19.1 Å². The van der Waals surface area contributed by atoms with Gasteiger partial charge in [0.05, 0.1) is 10.6 Å². The highest BCUT2D eigenvalue weighted by molar-refractivity contribution is 6.02. The first-order chi connectivity index (χ1) is 11.0. The van der Waals surface area contributed by atoms with E-state index in [-0.39, 0.29) is 17.1 Å². The molecule has 0 fully saturated rings. The number of carbonyl (C=O) groups is 1.